The number of para-hydroxylation sites is 1. The van der Waals surface area contributed by atoms with E-state index in [0.29, 0.717) is 52.8 Å². The van der Waals surface area contributed by atoms with Gasteiger partial charge >= 0.3 is 29.6 Å². The van der Waals surface area contributed by atoms with E-state index in [0.717, 1.165) is 47.8 Å². The summed E-state index contributed by atoms with van der Waals surface area (Å²) in [7, 11) is 0. The second kappa shape index (κ2) is 9.58. The van der Waals surface area contributed by atoms with Crippen LogP contribution in [-0.4, -0.2) is 29.8 Å². The number of hydrogen-bond donors (Lipinski definition) is 0. The maximum absolute atomic E-state index is 12.3. The van der Waals surface area contributed by atoms with Crippen LogP contribution in [0, 0.1) is 19.8 Å². The Balaban J connectivity index is 0.00000253. The zero-order valence-electron chi connectivity index (χ0n) is 20.3. The van der Waals surface area contributed by atoms with E-state index >= 15 is 0 Å². The Bertz CT molecular complexity index is 1420. The molecule has 2 aliphatic heterocycles. The number of nitrogens with zero attached hydrogens (tertiary/aromatic N) is 1. The summed E-state index contributed by atoms with van der Waals surface area (Å²) in [5.41, 5.74) is 3.65. The number of furan rings is 1. The molecule has 0 spiro atoms. The first-order valence-electron chi connectivity index (χ1n) is 11.9. The molecule has 0 saturated carbocycles. The predicted molar refractivity (Wildman–Crippen MR) is 127 cm³/mol. The molecule has 35 heavy (non-hydrogen) atoms. The molecular formula is C28H26NNaO5. The van der Waals surface area contributed by atoms with E-state index in [2.05, 4.69) is 0 Å². The molecule has 4 aromatic rings. The number of aromatic nitrogens is 1. The number of carbonyl (C=O) groups excluding carboxylic acids is 1. The minimum Gasteiger partial charge on any atom is -0.545 e. The number of benzene rings is 2. The van der Waals surface area contributed by atoms with E-state index in [-0.39, 0.29) is 35.1 Å². The predicted octanol–water partition coefficient (Wildman–Crippen LogP) is 1.97. The molecule has 2 aromatic carbocycles. The third-order valence-electron chi connectivity index (χ3n) is 7.28. The van der Waals surface area contributed by atoms with Crippen LogP contribution in [0.3, 0.4) is 0 Å². The number of rotatable bonds is 5. The average Bonchev–Trinajstić information content (AvgIpc) is 3.36. The van der Waals surface area contributed by atoms with Gasteiger partial charge in [-0.15, -0.1) is 0 Å². The van der Waals surface area contributed by atoms with Crippen molar-refractivity contribution in [1.29, 1.82) is 0 Å². The van der Waals surface area contributed by atoms with Crippen LogP contribution in [0.1, 0.15) is 47.2 Å². The van der Waals surface area contributed by atoms with Crippen molar-refractivity contribution in [2.45, 2.75) is 51.7 Å². The fourth-order valence-electron chi connectivity index (χ4n) is 5.57. The van der Waals surface area contributed by atoms with Crippen molar-refractivity contribution < 1.29 is 53.3 Å². The SMILES string of the molecule is Cc1c(-c2cc(C(=O)[O-])c3c(OCC4C[C@H]5CC[C@@H](C4)O5)ccc(C)c3n2)oc2ccccc12.[Na+]. The standard InChI is InChI=1S/C28H27NO5.Na/c1-15-7-10-24(32-14-17-11-18-8-9-19(12-17)33-18)25-21(28(30)31)13-22(29-26(15)25)27-16(2)20-5-3-4-6-23(20)34-27;/h3-7,10,13,17-19H,8-9,11-12,14H2,1-2H3,(H,30,31);/q;+1/p-1/t17?,18-,19+;. The Kier molecular flexibility index (Phi) is 6.66. The molecular weight excluding hydrogens is 453 g/mol. The first kappa shape index (κ1) is 24.3. The van der Waals surface area contributed by atoms with Gasteiger partial charge in [0.25, 0.3) is 0 Å². The second-order valence-electron chi connectivity index (χ2n) is 9.60. The molecule has 0 N–H and O–H groups in total. The monoisotopic (exact) mass is 479 g/mol. The normalized spacial score (nSPS) is 21.3. The molecule has 2 fully saturated rings. The van der Waals surface area contributed by atoms with Gasteiger partial charge in [-0.25, -0.2) is 4.98 Å². The first-order valence-corrected chi connectivity index (χ1v) is 11.9. The minimum absolute atomic E-state index is 0. The number of carbonyl (C=O) groups is 1. The zero-order valence-corrected chi connectivity index (χ0v) is 22.3. The third kappa shape index (κ3) is 4.38. The van der Waals surface area contributed by atoms with Gasteiger partial charge in [-0.2, -0.15) is 0 Å². The number of hydrogen-bond acceptors (Lipinski definition) is 6. The smallest absolute Gasteiger partial charge is 0.545 e. The number of carboxylic acid groups (broad SMARTS) is 1. The molecule has 0 amide bonds. The Morgan fingerprint density at radius 2 is 1.86 bits per heavy atom. The molecule has 6 rings (SSSR count). The molecule has 0 aliphatic carbocycles. The maximum atomic E-state index is 12.3. The number of aryl methyl sites for hydroxylation is 2. The Hall–Kier alpha value is -2.38. The Morgan fingerprint density at radius 3 is 2.57 bits per heavy atom. The van der Waals surface area contributed by atoms with Crippen molar-refractivity contribution >= 4 is 27.8 Å². The summed E-state index contributed by atoms with van der Waals surface area (Å²) >= 11 is 0. The number of aromatic carboxylic acids is 1. The molecule has 2 saturated heterocycles. The summed E-state index contributed by atoms with van der Waals surface area (Å²) in [6, 6.07) is 13.0. The molecule has 2 bridgehead atoms. The van der Waals surface area contributed by atoms with Crippen LogP contribution in [0.2, 0.25) is 0 Å². The van der Waals surface area contributed by atoms with E-state index in [9.17, 15) is 9.90 Å². The molecule has 0 radical (unpaired) electrons. The minimum atomic E-state index is -1.26. The van der Waals surface area contributed by atoms with Crippen LogP contribution in [0.25, 0.3) is 33.3 Å². The Morgan fingerprint density at radius 1 is 1.11 bits per heavy atom. The van der Waals surface area contributed by atoms with Gasteiger partial charge < -0.3 is 23.8 Å². The fourth-order valence-corrected chi connectivity index (χ4v) is 5.57. The molecule has 174 valence electrons. The summed E-state index contributed by atoms with van der Waals surface area (Å²) in [5.74, 6) is 0.231. The van der Waals surface area contributed by atoms with Crippen LogP contribution in [0.4, 0.5) is 0 Å². The molecule has 7 heteroatoms. The van der Waals surface area contributed by atoms with E-state index in [1.54, 1.807) is 6.07 Å². The zero-order chi connectivity index (χ0) is 23.4. The fraction of sp³-hybridized carbons (Fsp3) is 0.357. The summed E-state index contributed by atoms with van der Waals surface area (Å²) in [5, 5.41) is 13.7. The Labute approximate surface area is 225 Å². The van der Waals surface area contributed by atoms with Crippen LogP contribution in [0.15, 0.2) is 46.9 Å². The van der Waals surface area contributed by atoms with Gasteiger partial charge in [-0.1, -0.05) is 24.3 Å². The molecule has 1 unspecified atom stereocenters. The van der Waals surface area contributed by atoms with E-state index < -0.39 is 5.97 Å². The third-order valence-corrected chi connectivity index (χ3v) is 7.28. The maximum Gasteiger partial charge on any atom is 1.00 e. The summed E-state index contributed by atoms with van der Waals surface area (Å²) in [6.45, 7) is 4.41. The average molecular weight is 480 g/mol. The van der Waals surface area contributed by atoms with Crippen molar-refractivity contribution in [2.75, 3.05) is 6.61 Å². The largest absolute Gasteiger partial charge is 1.00 e. The van der Waals surface area contributed by atoms with Crippen LogP contribution < -0.4 is 39.4 Å². The quantitative estimate of drug-likeness (QED) is 0.407. The van der Waals surface area contributed by atoms with Crippen LogP contribution in [0.5, 0.6) is 5.75 Å². The van der Waals surface area contributed by atoms with E-state index in [4.69, 9.17) is 18.9 Å². The first-order chi connectivity index (χ1) is 16.5. The number of fused-ring (bicyclic) bond motifs is 4. The van der Waals surface area contributed by atoms with Crippen molar-refractivity contribution in [3.63, 3.8) is 0 Å². The van der Waals surface area contributed by atoms with Crippen LogP contribution >= 0.6 is 0 Å². The summed E-state index contributed by atoms with van der Waals surface area (Å²) in [6.07, 6.45) is 4.88. The molecule has 3 atom stereocenters. The van der Waals surface area contributed by atoms with Gasteiger partial charge in [0.05, 0.1) is 35.7 Å². The molecule has 6 nitrogen and oxygen atoms in total. The van der Waals surface area contributed by atoms with Crippen molar-refractivity contribution in [2.24, 2.45) is 5.92 Å². The van der Waals surface area contributed by atoms with E-state index in [1.165, 1.54) is 0 Å². The van der Waals surface area contributed by atoms with Crippen molar-refractivity contribution in [3.05, 3.63) is 59.2 Å². The van der Waals surface area contributed by atoms with Gasteiger partial charge in [0.2, 0.25) is 0 Å². The molecule has 4 heterocycles. The number of carboxylic acids is 1. The summed E-state index contributed by atoms with van der Waals surface area (Å²) in [4.78, 5) is 17.1. The van der Waals surface area contributed by atoms with Gasteiger partial charge in [0.1, 0.15) is 17.0 Å². The van der Waals surface area contributed by atoms with Gasteiger partial charge in [0, 0.05) is 16.5 Å². The van der Waals surface area contributed by atoms with Crippen LogP contribution in [-0.2, 0) is 4.74 Å². The summed E-state index contributed by atoms with van der Waals surface area (Å²) < 4.78 is 18.3. The van der Waals surface area contributed by atoms with Gasteiger partial charge in [0.15, 0.2) is 5.76 Å². The number of pyridine rings is 1. The molecule has 2 aromatic heterocycles. The topological polar surface area (TPSA) is 84.6 Å². The molecule has 2 aliphatic rings. The second-order valence-corrected chi connectivity index (χ2v) is 9.60. The van der Waals surface area contributed by atoms with Crippen molar-refractivity contribution in [1.82, 2.24) is 4.98 Å². The van der Waals surface area contributed by atoms with Gasteiger partial charge in [-0.05, 0) is 69.2 Å². The number of ether oxygens (including phenoxy) is 2. The van der Waals surface area contributed by atoms with Gasteiger partial charge in [-0.3, -0.25) is 0 Å². The van der Waals surface area contributed by atoms with Crippen molar-refractivity contribution in [3.8, 4) is 17.2 Å². The van der Waals surface area contributed by atoms with E-state index in [1.807, 2.05) is 50.2 Å².